The van der Waals surface area contributed by atoms with E-state index in [-0.39, 0.29) is 23.0 Å². The van der Waals surface area contributed by atoms with Gasteiger partial charge in [-0.2, -0.15) is 0 Å². The van der Waals surface area contributed by atoms with E-state index in [0.717, 1.165) is 0 Å². The first kappa shape index (κ1) is 41.9. The molecule has 0 N–H and O–H groups in total. The first-order valence-corrected chi connectivity index (χ1v) is 19.7. The van der Waals surface area contributed by atoms with Crippen LogP contribution in [0.2, 0.25) is 0 Å². The summed E-state index contributed by atoms with van der Waals surface area (Å²) in [5.41, 5.74) is 8.66. The fraction of sp³-hybridized carbons (Fsp3) is 0.609. The largest absolute Gasteiger partial charge is 0.324 e. The zero-order valence-electron chi connectivity index (χ0n) is 33.9. The quantitative estimate of drug-likeness (QED) is 0.113. The molecule has 48 heavy (non-hydrogen) atoms. The van der Waals surface area contributed by atoms with Crippen molar-refractivity contribution in [3.8, 4) is 0 Å². The molecule has 0 aliphatic heterocycles. The normalized spacial score (nSPS) is 12.4. The Hall–Kier alpha value is -2.32. The molecule has 0 fully saturated rings. The molecule has 0 radical (unpaired) electrons. The molecule has 0 aromatic heterocycles. The fourth-order valence-corrected chi connectivity index (χ4v) is 6.75. The van der Waals surface area contributed by atoms with E-state index in [1.807, 2.05) is 0 Å². The lowest BCUT2D eigenvalue weighted by Gasteiger charge is -2.39. The topological polar surface area (TPSA) is 0 Å². The van der Waals surface area contributed by atoms with Gasteiger partial charge in [-0.05, 0) is 58.6 Å². The number of hydrogen-bond donors (Lipinski definition) is 0. The third kappa shape index (κ3) is 13.2. The molecule has 1 nitrogen and oxygen atoms in total. The van der Waals surface area contributed by atoms with E-state index < -0.39 is 0 Å². The molecular formula is C46H75BN+. The van der Waals surface area contributed by atoms with E-state index in [4.69, 9.17) is 0 Å². The standard InChI is InChI=1S/C30H39B.C16H36N/c1-28(2,3)22-10-16-25(17-11-22)31(26-18-12-23(13-19-26)29(4,5)6)27-20-14-24(15-21-27)30(7,8)9;1-5-9-13-17(14-10-6-2,15-11-7-3)16-12-8-4/h10-21H,1-9H3;5-16H2,1-4H3/q;+1. The Bertz CT molecular complexity index is 1110. The van der Waals surface area contributed by atoms with E-state index in [0.29, 0.717) is 0 Å². The third-order valence-corrected chi connectivity index (χ3v) is 10.3. The number of nitrogens with zero attached hydrogens (tertiary/aromatic N) is 1. The highest BCUT2D eigenvalue weighted by Crippen LogP contribution is 2.23. The Morgan fingerprint density at radius 1 is 0.375 bits per heavy atom. The Morgan fingerprint density at radius 2 is 0.583 bits per heavy atom. The van der Waals surface area contributed by atoms with Crippen molar-refractivity contribution in [2.24, 2.45) is 0 Å². The number of benzene rings is 3. The summed E-state index contributed by atoms with van der Waals surface area (Å²) in [5, 5.41) is 0. The average molecular weight is 653 g/mol. The molecule has 3 aromatic carbocycles. The van der Waals surface area contributed by atoms with Crippen LogP contribution in [-0.4, -0.2) is 37.4 Å². The summed E-state index contributed by atoms with van der Waals surface area (Å²) in [6.45, 7) is 35.7. The summed E-state index contributed by atoms with van der Waals surface area (Å²) in [5.74, 6) is 0. The van der Waals surface area contributed by atoms with Gasteiger partial charge >= 0.3 is 0 Å². The molecule has 0 bridgehead atoms. The van der Waals surface area contributed by atoms with Crippen molar-refractivity contribution < 1.29 is 4.48 Å². The maximum Gasteiger partial charge on any atom is 0.241 e. The van der Waals surface area contributed by atoms with Crippen LogP contribution in [0.5, 0.6) is 0 Å². The van der Waals surface area contributed by atoms with Gasteiger partial charge in [0.15, 0.2) is 0 Å². The molecule has 3 rings (SSSR count). The van der Waals surface area contributed by atoms with Crippen molar-refractivity contribution in [2.75, 3.05) is 26.2 Å². The van der Waals surface area contributed by atoms with Crippen LogP contribution in [0, 0.1) is 0 Å². The minimum absolute atomic E-state index is 0.163. The van der Waals surface area contributed by atoms with Crippen LogP contribution in [0.3, 0.4) is 0 Å². The molecule has 0 saturated heterocycles. The Morgan fingerprint density at radius 3 is 0.750 bits per heavy atom. The van der Waals surface area contributed by atoms with Gasteiger partial charge in [-0.25, -0.2) is 0 Å². The lowest BCUT2D eigenvalue weighted by atomic mass is 9.36. The molecule has 0 aliphatic carbocycles. The van der Waals surface area contributed by atoms with Gasteiger partial charge in [0.2, 0.25) is 6.71 Å². The van der Waals surface area contributed by atoms with Gasteiger partial charge in [-0.15, -0.1) is 0 Å². The van der Waals surface area contributed by atoms with Gasteiger partial charge in [-0.1, -0.05) is 205 Å². The first-order valence-electron chi connectivity index (χ1n) is 19.7. The summed E-state index contributed by atoms with van der Waals surface area (Å²) < 4.78 is 1.42. The lowest BCUT2D eigenvalue weighted by molar-refractivity contribution is -0.929. The highest BCUT2D eigenvalue weighted by Gasteiger charge is 2.26. The Kier molecular flexibility index (Phi) is 16.7. The van der Waals surface area contributed by atoms with Crippen molar-refractivity contribution in [1.82, 2.24) is 0 Å². The Labute approximate surface area is 300 Å². The van der Waals surface area contributed by atoms with Crippen LogP contribution in [-0.2, 0) is 16.2 Å². The second-order valence-corrected chi connectivity index (χ2v) is 17.7. The highest BCUT2D eigenvalue weighted by molar-refractivity contribution is 6.95. The summed E-state index contributed by atoms with van der Waals surface area (Å²) in [7, 11) is 0. The predicted molar refractivity (Wildman–Crippen MR) is 219 cm³/mol. The van der Waals surface area contributed by atoms with Crippen LogP contribution >= 0.6 is 0 Å². The second-order valence-electron chi connectivity index (χ2n) is 17.7. The molecule has 0 amide bonds. The summed E-state index contributed by atoms with van der Waals surface area (Å²) in [6, 6.07) is 27.7. The van der Waals surface area contributed by atoms with E-state index in [1.165, 1.54) is 115 Å². The molecule has 266 valence electrons. The molecule has 0 heterocycles. The number of hydrogen-bond acceptors (Lipinski definition) is 0. The fourth-order valence-electron chi connectivity index (χ4n) is 6.75. The predicted octanol–water partition coefficient (Wildman–Crippen LogP) is 11.1. The van der Waals surface area contributed by atoms with Gasteiger partial charge in [-0.3, -0.25) is 0 Å². The van der Waals surface area contributed by atoms with E-state index in [1.54, 1.807) is 0 Å². The average Bonchev–Trinajstić information content (AvgIpc) is 3.04. The van der Waals surface area contributed by atoms with Gasteiger partial charge < -0.3 is 4.48 Å². The molecule has 3 aromatic rings. The lowest BCUT2D eigenvalue weighted by Crippen LogP contribution is -2.52. The van der Waals surface area contributed by atoms with Crippen molar-refractivity contribution >= 4 is 23.1 Å². The third-order valence-electron chi connectivity index (χ3n) is 10.3. The zero-order chi connectivity index (χ0) is 36.0. The van der Waals surface area contributed by atoms with E-state index >= 15 is 0 Å². The molecule has 0 aliphatic rings. The van der Waals surface area contributed by atoms with Crippen LogP contribution in [0.15, 0.2) is 72.8 Å². The van der Waals surface area contributed by atoms with Gasteiger partial charge in [0.05, 0.1) is 26.2 Å². The van der Waals surface area contributed by atoms with Gasteiger partial charge in [0.1, 0.15) is 0 Å². The minimum Gasteiger partial charge on any atom is -0.324 e. The molecule has 0 saturated carbocycles. The maximum atomic E-state index is 2.33. The van der Waals surface area contributed by atoms with E-state index in [9.17, 15) is 0 Å². The van der Waals surface area contributed by atoms with Crippen LogP contribution in [0.4, 0.5) is 0 Å². The number of quaternary nitrogens is 1. The zero-order valence-corrected chi connectivity index (χ0v) is 33.9. The van der Waals surface area contributed by atoms with Crippen LogP contribution in [0.1, 0.15) is 158 Å². The van der Waals surface area contributed by atoms with Crippen LogP contribution in [0.25, 0.3) is 0 Å². The molecule has 0 atom stereocenters. The monoisotopic (exact) mass is 653 g/mol. The molecular weight excluding hydrogens is 577 g/mol. The summed E-state index contributed by atoms with van der Waals surface area (Å²) >= 11 is 0. The SMILES string of the molecule is CC(C)(C)c1ccc(B(c2ccc(C(C)(C)C)cc2)c2ccc(C(C)(C)C)cc2)cc1.CCCC[N+](CCCC)(CCCC)CCCC. The highest BCUT2D eigenvalue weighted by atomic mass is 15.3. The van der Waals surface area contributed by atoms with Crippen molar-refractivity contribution in [3.63, 3.8) is 0 Å². The van der Waals surface area contributed by atoms with E-state index in [2.05, 4.69) is 163 Å². The summed E-state index contributed by atoms with van der Waals surface area (Å²) in [6.07, 6.45) is 11.1. The maximum absolute atomic E-state index is 2.33. The number of rotatable bonds is 15. The Balaban J connectivity index is 0.000000401. The van der Waals surface area contributed by atoms with Gasteiger partial charge in [0, 0.05) is 0 Å². The molecule has 0 spiro atoms. The minimum atomic E-state index is 0.163. The first-order chi connectivity index (χ1) is 22.5. The second kappa shape index (κ2) is 19.2. The van der Waals surface area contributed by atoms with Crippen molar-refractivity contribution in [2.45, 2.75) is 158 Å². The molecule has 2 heteroatoms. The smallest absolute Gasteiger partial charge is 0.241 e. The van der Waals surface area contributed by atoms with Crippen LogP contribution < -0.4 is 16.4 Å². The van der Waals surface area contributed by atoms with Crippen molar-refractivity contribution in [3.05, 3.63) is 89.5 Å². The van der Waals surface area contributed by atoms with Crippen molar-refractivity contribution in [1.29, 1.82) is 0 Å². The summed E-state index contributed by atoms with van der Waals surface area (Å²) in [4.78, 5) is 0. The number of unbranched alkanes of at least 4 members (excludes halogenated alkanes) is 4. The van der Waals surface area contributed by atoms with Gasteiger partial charge in [0.25, 0.3) is 0 Å². The molecule has 0 unspecified atom stereocenters.